The predicted octanol–water partition coefficient (Wildman–Crippen LogP) is 2.58. The molecule has 2 heterocycles. The van der Waals surface area contributed by atoms with Crippen molar-refractivity contribution in [3.05, 3.63) is 46.4 Å². The van der Waals surface area contributed by atoms with Gasteiger partial charge < -0.3 is 4.74 Å². The van der Waals surface area contributed by atoms with Crippen LogP contribution in [0.1, 0.15) is 15.2 Å². The molecule has 0 radical (unpaired) electrons. The van der Waals surface area contributed by atoms with Crippen molar-refractivity contribution in [1.29, 1.82) is 0 Å². The van der Waals surface area contributed by atoms with Gasteiger partial charge in [-0.05, 0) is 23.1 Å². The van der Waals surface area contributed by atoms with Crippen LogP contribution in [0.4, 0.5) is 0 Å². The normalized spacial score (nSPS) is 10.1. The molecule has 0 saturated heterocycles. The summed E-state index contributed by atoms with van der Waals surface area (Å²) in [7, 11) is 1.57. The first-order chi connectivity index (χ1) is 7.81. The first kappa shape index (κ1) is 10.8. The number of pyridine rings is 1. The van der Waals surface area contributed by atoms with Crippen molar-refractivity contribution in [2.75, 3.05) is 7.11 Å². The van der Waals surface area contributed by atoms with Crippen LogP contribution in [-0.4, -0.2) is 17.9 Å². The number of Topliss-reactive ketones (excluding diaryl/α,β-unsaturated/α-hetero) is 1. The SMILES string of the molecule is COc1ccsc1C(=O)Cc1cccnc1. The molecule has 0 saturated carbocycles. The Labute approximate surface area is 97.7 Å². The summed E-state index contributed by atoms with van der Waals surface area (Å²) in [6, 6.07) is 5.53. The van der Waals surface area contributed by atoms with Crippen LogP contribution in [0, 0.1) is 0 Å². The number of aromatic nitrogens is 1. The Kier molecular flexibility index (Phi) is 3.31. The van der Waals surface area contributed by atoms with E-state index in [1.54, 1.807) is 25.6 Å². The van der Waals surface area contributed by atoms with Gasteiger partial charge in [0.25, 0.3) is 0 Å². The summed E-state index contributed by atoms with van der Waals surface area (Å²) in [5, 5.41) is 1.86. The average molecular weight is 233 g/mol. The molecule has 2 aromatic rings. The first-order valence-corrected chi connectivity index (χ1v) is 5.73. The molecule has 0 aliphatic rings. The molecule has 0 aromatic carbocycles. The first-order valence-electron chi connectivity index (χ1n) is 4.85. The summed E-state index contributed by atoms with van der Waals surface area (Å²) < 4.78 is 5.12. The summed E-state index contributed by atoms with van der Waals surface area (Å²) in [5.41, 5.74) is 0.919. The summed E-state index contributed by atoms with van der Waals surface area (Å²) in [4.78, 5) is 16.6. The minimum atomic E-state index is 0.0693. The van der Waals surface area contributed by atoms with Crippen molar-refractivity contribution in [3.8, 4) is 5.75 Å². The third-order valence-corrected chi connectivity index (χ3v) is 3.13. The van der Waals surface area contributed by atoms with Gasteiger partial charge in [0, 0.05) is 18.8 Å². The highest BCUT2D eigenvalue weighted by Crippen LogP contribution is 2.25. The minimum absolute atomic E-state index is 0.0693. The second-order valence-electron chi connectivity index (χ2n) is 3.28. The van der Waals surface area contributed by atoms with Crippen LogP contribution in [0.5, 0.6) is 5.75 Å². The molecule has 0 unspecified atom stereocenters. The largest absolute Gasteiger partial charge is 0.495 e. The molecule has 2 aromatic heterocycles. The summed E-state index contributed by atoms with van der Waals surface area (Å²) in [6.07, 6.45) is 3.77. The smallest absolute Gasteiger partial charge is 0.180 e. The molecule has 4 heteroatoms. The molecule has 0 amide bonds. The number of thiophene rings is 1. The Balaban J connectivity index is 2.15. The van der Waals surface area contributed by atoms with Crippen LogP contribution < -0.4 is 4.74 Å². The number of ether oxygens (including phenoxy) is 1. The quantitative estimate of drug-likeness (QED) is 0.762. The topological polar surface area (TPSA) is 39.2 Å². The Morgan fingerprint density at radius 2 is 2.38 bits per heavy atom. The lowest BCUT2D eigenvalue weighted by Crippen LogP contribution is -2.03. The maximum Gasteiger partial charge on any atom is 0.180 e. The fraction of sp³-hybridized carbons (Fsp3) is 0.167. The Morgan fingerprint density at radius 3 is 3.06 bits per heavy atom. The number of hydrogen-bond acceptors (Lipinski definition) is 4. The van der Waals surface area contributed by atoms with Crippen molar-refractivity contribution in [2.45, 2.75) is 6.42 Å². The number of rotatable bonds is 4. The zero-order valence-corrected chi connectivity index (χ0v) is 9.66. The van der Waals surface area contributed by atoms with Gasteiger partial charge in [0.15, 0.2) is 5.78 Å². The summed E-state index contributed by atoms with van der Waals surface area (Å²) >= 11 is 1.41. The van der Waals surface area contributed by atoms with Crippen LogP contribution in [0.2, 0.25) is 0 Å². The fourth-order valence-corrected chi connectivity index (χ4v) is 2.23. The second-order valence-corrected chi connectivity index (χ2v) is 4.20. The monoisotopic (exact) mass is 233 g/mol. The fourth-order valence-electron chi connectivity index (χ4n) is 1.43. The van der Waals surface area contributed by atoms with Gasteiger partial charge in [-0.2, -0.15) is 0 Å². The molecule has 0 aliphatic carbocycles. The van der Waals surface area contributed by atoms with Crippen molar-refractivity contribution < 1.29 is 9.53 Å². The third-order valence-electron chi connectivity index (χ3n) is 2.19. The molecule has 3 nitrogen and oxygen atoms in total. The lowest BCUT2D eigenvalue weighted by atomic mass is 10.1. The maximum absolute atomic E-state index is 12.0. The van der Waals surface area contributed by atoms with Crippen molar-refractivity contribution in [3.63, 3.8) is 0 Å². The van der Waals surface area contributed by atoms with E-state index in [9.17, 15) is 4.79 Å². The number of nitrogens with zero attached hydrogens (tertiary/aromatic N) is 1. The van der Waals surface area contributed by atoms with Crippen LogP contribution in [-0.2, 0) is 6.42 Å². The molecule has 0 N–H and O–H groups in total. The number of methoxy groups -OCH3 is 1. The zero-order valence-electron chi connectivity index (χ0n) is 8.84. The van der Waals surface area contributed by atoms with E-state index in [-0.39, 0.29) is 5.78 Å². The number of carbonyl (C=O) groups excluding carboxylic acids is 1. The lowest BCUT2D eigenvalue weighted by molar-refractivity contribution is 0.0994. The number of ketones is 1. The van der Waals surface area contributed by atoms with Crippen LogP contribution in [0.15, 0.2) is 36.0 Å². The molecule has 82 valence electrons. The average Bonchev–Trinajstić information content (AvgIpc) is 2.78. The van der Waals surface area contributed by atoms with Crippen LogP contribution >= 0.6 is 11.3 Å². The van der Waals surface area contributed by atoms with Gasteiger partial charge in [0.05, 0.1) is 7.11 Å². The standard InChI is InChI=1S/C12H11NO2S/c1-15-11-4-6-16-12(11)10(14)7-9-3-2-5-13-8-9/h2-6,8H,7H2,1H3. The Morgan fingerprint density at radius 1 is 1.50 bits per heavy atom. The van der Waals surface area contributed by atoms with E-state index < -0.39 is 0 Å². The number of hydrogen-bond donors (Lipinski definition) is 0. The van der Waals surface area contributed by atoms with E-state index in [0.717, 1.165) is 5.56 Å². The van der Waals surface area contributed by atoms with E-state index in [1.807, 2.05) is 17.5 Å². The maximum atomic E-state index is 12.0. The summed E-state index contributed by atoms with van der Waals surface area (Å²) in [6.45, 7) is 0. The van der Waals surface area contributed by atoms with Gasteiger partial charge in [0.1, 0.15) is 10.6 Å². The van der Waals surface area contributed by atoms with Gasteiger partial charge in [-0.25, -0.2) is 0 Å². The third kappa shape index (κ3) is 2.28. The molecule has 0 aliphatic heterocycles. The highest BCUT2D eigenvalue weighted by molar-refractivity contribution is 7.12. The molecular weight excluding hydrogens is 222 g/mol. The highest BCUT2D eigenvalue weighted by Gasteiger charge is 2.14. The molecular formula is C12H11NO2S. The van der Waals surface area contributed by atoms with Crippen LogP contribution in [0.25, 0.3) is 0 Å². The zero-order chi connectivity index (χ0) is 11.4. The highest BCUT2D eigenvalue weighted by atomic mass is 32.1. The molecule has 0 fully saturated rings. The van der Waals surface area contributed by atoms with E-state index in [0.29, 0.717) is 17.0 Å². The molecule has 0 atom stereocenters. The molecule has 16 heavy (non-hydrogen) atoms. The predicted molar refractivity (Wildman–Crippen MR) is 63.1 cm³/mol. The van der Waals surface area contributed by atoms with Gasteiger partial charge in [-0.1, -0.05) is 6.07 Å². The van der Waals surface area contributed by atoms with Crippen molar-refractivity contribution >= 4 is 17.1 Å². The Hall–Kier alpha value is -1.68. The minimum Gasteiger partial charge on any atom is -0.495 e. The summed E-state index contributed by atoms with van der Waals surface area (Å²) in [5.74, 6) is 0.721. The van der Waals surface area contributed by atoms with Crippen molar-refractivity contribution in [2.24, 2.45) is 0 Å². The molecule has 2 rings (SSSR count). The van der Waals surface area contributed by atoms with Crippen LogP contribution in [0.3, 0.4) is 0 Å². The molecule has 0 spiro atoms. The van der Waals surface area contributed by atoms with Gasteiger partial charge in [-0.3, -0.25) is 9.78 Å². The van der Waals surface area contributed by atoms with E-state index >= 15 is 0 Å². The van der Waals surface area contributed by atoms with Gasteiger partial charge in [0.2, 0.25) is 0 Å². The number of carbonyl (C=O) groups is 1. The van der Waals surface area contributed by atoms with Gasteiger partial charge in [-0.15, -0.1) is 11.3 Å². The van der Waals surface area contributed by atoms with E-state index in [1.165, 1.54) is 11.3 Å². The van der Waals surface area contributed by atoms with Gasteiger partial charge >= 0.3 is 0 Å². The van der Waals surface area contributed by atoms with E-state index in [4.69, 9.17) is 4.74 Å². The second kappa shape index (κ2) is 4.90. The van der Waals surface area contributed by atoms with E-state index in [2.05, 4.69) is 4.98 Å². The lowest BCUT2D eigenvalue weighted by Gasteiger charge is -2.01. The Bertz CT molecular complexity index is 479. The van der Waals surface area contributed by atoms with Crippen molar-refractivity contribution in [1.82, 2.24) is 4.98 Å². The molecule has 0 bridgehead atoms.